The fourth-order valence-corrected chi connectivity index (χ4v) is 8.46. The van der Waals surface area contributed by atoms with E-state index < -0.39 is 8.07 Å². The van der Waals surface area contributed by atoms with Crippen LogP contribution >= 0.6 is 34.0 Å². The molecule has 0 amide bonds. The predicted molar refractivity (Wildman–Crippen MR) is 164 cm³/mol. The van der Waals surface area contributed by atoms with Crippen LogP contribution in [0, 0.1) is 0 Å². The number of hydrogen-bond donors (Lipinski definition) is 0. The van der Waals surface area contributed by atoms with Gasteiger partial charge in [0.25, 0.3) is 0 Å². The third-order valence-electron chi connectivity index (χ3n) is 6.17. The Kier molecular flexibility index (Phi) is 11.2. The van der Waals surface area contributed by atoms with Crippen molar-refractivity contribution in [1.29, 1.82) is 0 Å². The fraction of sp³-hybridized carbons (Fsp3) is 0.500. The van der Waals surface area contributed by atoms with Crippen molar-refractivity contribution >= 4 is 54.4 Å². The first-order valence-electron chi connectivity index (χ1n) is 13.3. The van der Waals surface area contributed by atoms with Gasteiger partial charge in [0.2, 0.25) is 0 Å². The summed E-state index contributed by atoms with van der Waals surface area (Å²) in [6, 6.07) is 9.17. The zero-order chi connectivity index (χ0) is 25.3. The molecule has 0 aliphatic rings. The zero-order valence-corrected chi connectivity index (χ0v) is 25.7. The van der Waals surface area contributed by atoms with E-state index in [1.807, 2.05) is 22.7 Å². The molecule has 3 heterocycles. The van der Waals surface area contributed by atoms with Gasteiger partial charge in [0.1, 0.15) is 0 Å². The smallest absolute Gasteiger partial charge is 0.160 e. The minimum atomic E-state index is -1.23. The van der Waals surface area contributed by atoms with E-state index in [0.717, 1.165) is 24.0 Å². The van der Waals surface area contributed by atoms with Crippen LogP contribution in [0.3, 0.4) is 0 Å². The van der Waals surface area contributed by atoms with Crippen molar-refractivity contribution in [2.75, 3.05) is 0 Å². The van der Waals surface area contributed by atoms with Crippen LogP contribution in [0.4, 0.5) is 0 Å². The first-order valence-corrected chi connectivity index (χ1v) is 19.4. The number of unbranched alkanes of at least 4 members (excludes halogenated alkanes) is 6. The number of hydrogen-bond acceptors (Lipinski definition) is 4. The summed E-state index contributed by atoms with van der Waals surface area (Å²) in [7, 11) is -1.23. The molecule has 3 aromatic heterocycles. The standard InChI is InChI=1S/C30H42OS3Si/c1-6-8-10-12-14-23-20-25(18-19-35(3,4)5)32-29(23)27-16-17-28(34-27)30-24(15-13-11-9-7-2)21-26(22-31)33-30/h16-22H,6-15H2,1-5H3. The number of aldehydes is 1. The summed E-state index contributed by atoms with van der Waals surface area (Å²) in [6.07, 6.45) is 15.8. The Morgan fingerprint density at radius 3 is 1.71 bits per heavy atom. The van der Waals surface area contributed by atoms with Gasteiger partial charge >= 0.3 is 0 Å². The van der Waals surface area contributed by atoms with Crippen molar-refractivity contribution in [2.24, 2.45) is 0 Å². The summed E-state index contributed by atoms with van der Waals surface area (Å²) < 4.78 is 0. The number of thiophene rings is 3. The molecule has 190 valence electrons. The molecule has 0 saturated carbocycles. The predicted octanol–water partition coefficient (Wildman–Crippen LogP) is 11.2. The molecule has 0 bridgehead atoms. The van der Waals surface area contributed by atoms with Crippen LogP contribution in [0.25, 0.3) is 25.6 Å². The van der Waals surface area contributed by atoms with Gasteiger partial charge in [-0.05, 0) is 61.1 Å². The van der Waals surface area contributed by atoms with Crippen molar-refractivity contribution in [1.82, 2.24) is 0 Å². The Balaban J connectivity index is 1.88. The molecule has 0 saturated heterocycles. The summed E-state index contributed by atoms with van der Waals surface area (Å²) in [5.74, 6) is 0. The summed E-state index contributed by atoms with van der Waals surface area (Å²) in [4.78, 5) is 19.2. The second kappa shape index (κ2) is 13.9. The lowest BCUT2D eigenvalue weighted by Gasteiger charge is -2.07. The van der Waals surface area contributed by atoms with E-state index in [2.05, 4.69) is 69.5 Å². The van der Waals surface area contributed by atoms with Crippen molar-refractivity contribution in [3.8, 4) is 19.5 Å². The number of carbonyl (C=O) groups excluding carboxylic acids is 1. The van der Waals surface area contributed by atoms with E-state index in [1.165, 1.54) is 86.9 Å². The summed E-state index contributed by atoms with van der Waals surface area (Å²) in [6.45, 7) is 11.7. The molecule has 0 unspecified atom stereocenters. The molecule has 0 aromatic carbocycles. The molecule has 0 fully saturated rings. The van der Waals surface area contributed by atoms with E-state index >= 15 is 0 Å². The lowest BCUT2D eigenvalue weighted by atomic mass is 10.1. The van der Waals surface area contributed by atoms with Crippen LogP contribution in [0.1, 0.15) is 90.9 Å². The topological polar surface area (TPSA) is 17.1 Å². The van der Waals surface area contributed by atoms with E-state index in [-0.39, 0.29) is 0 Å². The Morgan fingerprint density at radius 1 is 0.714 bits per heavy atom. The average molecular weight is 543 g/mol. The second-order valence-electron chi connectivity index (χ2n) is 10.6. The lowest BCUT2D eigenvalue weighted by Crippen LogP contribution is -2.14. The normalized spacial score (nSPS) is 12.1. The Labute approximate surface area is 226 Å². The van der Waals surface area contributed by atoms with Gasteiger partial charge in [-0.2, -0.15) is 0 Å². The zero-order valence-electron chi connectivity index (χ0n) is 22.2. The number of rotatable bonds is 15. The molecule has 0 radical (unpaired) electrons. The maximum atomic E-state index is 11.5. The molecule has 3 rings (SSSR count). The van der Waals surface area contributed by atoms with E-state index in [9.17, 15) is 4.79 Å². The van der Waals surface area contributed by atoms with Gasteiger partial charge < -0.3 is 0 Å². The fourth-order valence-electron chi connectivity index (χ4n) is 4.23. The van der Waals surface area contributed by atoms with Crippen molar-refractivity contribution in [2.45, 2.75) is 97.7 Å². The van der Waals surface area contributed by atoms with Crippen LogP contribution in [0.2, 0.25) is 19.6 Å². The minimum absolute atomic E-state index is 0.854. The van der Waals surface area contributed by atoms with E-state index in [0.29, 0.717) is 0 Å². The van der Waals surface area contributed by atoms with Crippen LogP contribution in [0.15, 0.2) is 30.0 Å². The van der Waals surface area contributed by atoms with Gasteiger partial charge in [0, 0.05) is 24.4 Å². The van der Waals surface area contributed by atoms with Crippen molar-refractivity contribution in [3.05, 3.63) is 50.8 Å². The third kappa shape index (κ3) is 8.66. The summed E-state index contributed by atoms with van der Waals surface area (Å²) >= 11 is 5.52. The third-order valence-corrected chi connectivity index (χ3v) is 11.0. The Bertz CT molecular complexity index is 1090. The maximum Gasteiger partial charge on any atom is 0.160 e. The van der Waals surface area contributed by atoms with Gasteiger partial charge in [-0.15, -0.1) is 34.0 Å². The summed E-state index contributed by atoms with van der Waals surface area (Å²) in [5.41, 5.74) is 5.32. The Hall–Kier alpha value is -1.27. The molecule has 0 aliphatic carbocycles. The Morgan fingerprint density at radius 2 is 1.23 bits per heavy atom. The molecular formula is C30H42OS3Si. The van der Waals surface area contributed by atoms with Crippen LogP contribution in [-0.2, 0) is 12.8 Å². The van der Waals surface area contributed by atoms with Crippen molar-refractivity contribution in [3.63, 3.8) is 0 Å². The van der Waals surface area contributed by atoms with Gasteiger partial charge in [-0.1, -0.05) is 83.8 Å². The van der Waals surface area contributed by atoms with Gasteiger partial charge in [-0.3, -0.25) is 4.79 Å². The van der Waals surface area contributed by atoms with E-state index in [4.69, 9.17) is 0 Å². The molecule has 0 atom stereocenters. The molecule has 0 spiro atoms. The highest BCUT2D eigenvalue weighted by molar-refractivity contribution is 7.27. The SMILES string of the molecule is CCCCCCc1cc(C=O)sc1-c1ccc(-c2sc(C=C[Si](C)(C)C)cc2CCCCCC)s1. The van der Waals surface area contributed by atoms with Crippen LogP contribution in [-0.4, -0.2) is 14.4 Å². The van der Waals surface area contributed by atoms with E-state index in [1.54, 1.807) is 11.3 Å². The summed E-state index contributed by atoms with van der Waals surface area (Å²) in [5, 5.41) is 0. The largest absolute Gasteiger partial charge is 0.297 e. The van der Waals surface area contributed by atoms with Gasteiger partial charge in [0.05, 0.1) is 13.0 Å². The first-order chi connectivity index (χ1) is 16.8. The average Bonchev–Trinajstić information content (AvgIpc) is 3.55. The minimum Gasteiger partial charge on any atom is -0.297 e. The molecule has 35 heavy (non-hydrogen) atoms. The quantitative estimate of drug-likeness (QED) is 0.106. The van der Waals surface area contributed by atoms with Crippen LogP contribution in [0.5, 0.6) is 0 Å². The molecule has 0 aliphatic heterocycles. The number of aryl methyl sites for hydroxylation is 2. The van der Waals surface area contributed by atoms with Gasteiger partial charge in [-0.25, -0.2) is 0 Å². The molecule has 3 aromatic rings. The second-order valence-corrected chi connectivity index (χ2v) is 18.9. The lowest BCUT2D eigenvalue weighted by molar-refractivity contribution is 0.112. The molecular weight excluding hydrogens is 501 g/mol. The maximum absolute atomic E-state index is 11.5. The monoisotopic (exact) mass is 542 g/mol. The highest BCUT2D eigenvalue weighted by Crippen LogP contribution is 2.44. The van der Waals surface area contributed by atoms with Crippen molar-refractivity contribution < 1.29 is 4.79 Å². The molecule has 1 nitrogen and oxygen atoms in total. The highest BCUT2D eigenvalue weighted by Gasteiger charge is 2.17. The first kappa shape index (κ1) is 28.3. The van der Waals surface area contributed by atoms with Gasteiger partial charge in [0.15, 0.2) is 6.29 Å². The molecule has 0 N–H and O–H groups in total. The highest BCUT2D eigenvalue weighted by atomic mass is 32.1. The van der Waals surface area contributed by atoms with Crippen LogP contribution < -0.4 is 0 Å². The molecule has 5 heteroatoms. The number of carbonyl (C=O) groups is 1.